The molecule has 1 atom stereocenters. The van der Waals surface area contributed by atoms with Crippen LogP contribution in [-0.4, -0.2) is 35.5 Å². The summed E-state index contributed by atoms with van der Waals surface area (Å²) in [4.78, 5) is 34.7. The Morgan fingerprint density at radius 1 is 1.17 bits per heavy atom. The fraction of sp³-hybridized carbons (Fsp3) is 0.500. The van der Waals surface area contributed by atoms with Crippen molar-refractivity contribution in [2.45, 2.75) is 46.1 Å². The van der Waals surface area contributed by atoms with Gasteiger partial charge in [-0.25, -0.2) is 4.79 Å². The van der Waals surface area contributed by atoms with E-state index in [4.69, 9.17) is 5.11 Å². The number of carbonyl (C=O) groups excluding carboxylic acids is 2. The van der Waals surface area contributed by atoms with Crippen molar-refractivity contribution in [3.63, 3.8) is 0 Å². The third kappa shape index (κ3) is 7.76. The van der Waals surface area contributed by atoms with Crippen LogP contribution >= 0.6 is 0 Å². The van der Waals surface area contributed by atoms with E-state index >= 15 is 0 Å². The third-order valence-corrected chi connectivity index (χ3v) is 3.51. The fourth-order valence-electron chi connectivity index (χ4n) is 2.33. The van der Waals surface area contributed by atoms with E-state index < -0.39 is 17.9 Å². The van der Waals surface area contributed by atoms with E-state index in [1.807, 2.05) is 45.0 Å². The monoisotopic (exact) mass is 334 g/mol. The lowest BCUT2D eigenvalue weighted by Gasteiger charge is -2.16. The van der Waals surface area contributed by atoms with Gasteiger partial charge in [-0.3, -0.25) is 9.59 Å². The van der Waals surface area contributed by atoms with Gasteiger partial charge in [-0.1, -0.05) is 43.7 Å². The summed E-state index contributed by atoms with van der Waals surface area (Å²) >= 11 is 0. The average molecular weight is 334 g/mol. The number of amides is 2. The van der Waals surface area contributed by atoms with Gasteiger partial charge in [-0.2, -0.15) is 0 Å². The van der Waals surface area contributed by atoms with Gasteiger partial charge in [0, 0.05) is 6.42 Å². The van der Waals surface area contributed by atoms with Crippen molar-refractivity contribution >= 4 is 17.8 Å². The summed E-state index contributed by atoms with van der Waals surface area (Å²) in [6, 6.07) is 6.97. The Morgan fingerprint density at radius 3 is 2.46 bits per heavy atom. The number of nitrogens with one attached hydrogen (secondary N) is 2. The summed E-state index contributed by atoms with van der Waals surface area (Å²) in [5.41, 5.74) is 2.20. The summed E-state index contributed by atoms with van der Waals surface area (Å²) < 4.78 is 0. The van der Waals surface area contributed by atoms with E-state index in [1.54, 1.807) is 0 Å². The van der Waals surface area contributed by atoms with Gasteiger partial charge in [0.2, 0.25) is 11.8 Å². The highest BCUT2D eigenvalue weighted by molar-refractivity contribution is 5.87. The zero-order chi connectivity index (χ0) is 18.1. The Kier molecular flexibility index (Phi) is 7.95. The predicted molar refractivity (Wildman–Crippen MR) is 91.5 cm³/mol. The van der Waals surface area contributed by atoms with Crippen molar-refractivity contribution in [2.75, 3.05) is 6.54 Å². The van der Waals surface area contributed by atoms with Crippen molar-refractivity contribution in [1.82, 2.24) is 10.6 Å². The molecule has 0 spiro atoms. The summed E-state index contributed by atoms with van der Waals surface area (Å²) in [5, 5.41) is 14.0. The number of aliphatic carboxylic acids is 1. The molecule has 6 heteroatoms. The van der Waals surface area contributed by atoms with E-state index in [0.717, 1.165) is 11.1 Å². The van der Waals surface area contributed by atoms with Gasteiger partial charge in [-0.15, -0.1) is 0 Å². The van der Waals surface area contributed by atoms with E-state index in [9.17, 15) is 14.4 Å². The van der Waals surface area contributed by atoms with Crippen molar-refractivity contribution in [1.29, 1.82) is 0 Å². The van der Waals surface area contributed by atoms with Crippen LogP contribution in [0.15, 0.2) is 24.3 Å². The molecule has 0 aliphatic heterocycles. The quantitative estimate of drug-likeness (QED) is 0.640. The van der Waals surface area contributed by atoms with Crippen LogP contribution in [0.4, 0.5) is 0 Å². The maximum absolute atomic E-state index is 11.8. The molecule has 1 rings (SSSR count). The smallest absolute Gasteiger partial charge is 0.326 e. The van der Waals surface area contributed by atoms with E-state index in [1.165, 1.54) is 0 Å². The second-order valence-electron chi connectivity index (χ2n) is 6.35. The molecule has 0 saturated carbocycles. The minimum Gasteiger partial charge on any atom is -0.480 e. The molecular weight excluding hydrogens is 308 g/mol. The van der Waals surface area contributed by atoms with E-state index in [0.29, 0.717) is 12.8 Å². The molecule has 0 unspecified atom stereocenters. The van der Waals surface area contributed by atoms with Gasteiger partial charge >= 0.3 is 5.97 Å². The highest BCUT2D eigenvalue weighted by Gasteiger charge is 2.21. The molecule has 0 aliphatic rings. The number of hydrogen-bond acceptors (Lipinski definition) is 3. The van der Waals surface area contributed by atoms with Gasteiger partial charge < -0.3 is 15.7 Å². The molecule has 0 bridgehead atoms. The van der Waals surface area contributed by atoms with Crippen LogP contribution in [0.1, 0.15) is 37.8 Å². The lowest BCUT2D eigenvalue weighted by Crippen LogP contribution is -2.46. The molecule has 1 aromatic carbocycles. The van der Waals surface area contributed by atoms with Gasteiger partial charge in [0.1, 0.15) is 6.04 Å². The van der Waals surface area contributed by atoms with Crippen molar-refractivity contribution in [2.24, 2.45) is 5.92 Å². The van der Waals surface area contributed by atoms with Crippen LogP contribution < -0.4 is 10.6 Å². The molecule has 132 valence electrons. The van der Waals surface area contributed by atoms with Crippen LogP contribution in [0.2, 0.25) is 0 Å². The first kappa shape index (κ1) is 19.7. The largest absolute Gasteiger partial charge is 0.480 e. The molecule has 1 aromatic rings. The van der Waals surface area contributed by atoms with Crippen LogP contribution in [0.5, 0.6) is 0 Å². The second kappa shape index (κ2) is 9.70. The molecule has 3 N–H and O–H groups in total. The number of aryl methyl sites for hydroxylation is 2. The van der Waals surface area contributed by atoms with Crippen LogP contribution in [0.3, 0.4) is 0 Å². The third-order valence-electron chi connectivity index (χ3n) is 3.51. The van der Waals surface area contributed by atoms with E-state index in [-0.39, 0.29) is 24.8 Å². The maximum Gasteiger partial charge on any atom is 0.326 e. The zero-order valence-corrected chi connectivity index (χ0v) is 14.5. The zero-order valence-electron chi connectivity index (χ0n) is 14.5. The van der Waals surface area contributed by atoms with Crippen molar-refractivity contribution < 1.29 is 19.5 Å². The Balaban J connectivity index is 2.35. The molecule has 0 saturated heterocycles. The maximum atomic E-state index is 11.8. The number of benzene rings is 1. The van der Waals surface area contributed by atoms with E-state index in [2.05, 4.69) is 10.6 Å². The van der Waals surface area contributed by atoms with Gasteiger partial charge in [-0.05, 0) is 31.2 Å². The fourth-order valence-corrected chi connectivity index (χ4v) is 2.33. The Morgan fingerprint density at radius 2 is 1.88 bits per heavy atom. The minimum atomic E-state index is -1.07. The summed E-state index contributed by atoms with van der Waals surface area (Å²) in [6.45, 7) is 5.54. The summed E-state index contributed by atoms with van der Waals surface area (Å²) in [5.74, 6) is -1.65. The first-order valence-electron chi connectivity index (χ1n) is 8.12. The average Bonchev–Trinajstić information content (AvgIpc) is 2.50. The molecular formula is C18H26N2O4. The minimum absolute atomic E-state index is 0.148. The SMILES string of the molecule is Cc1cccc(CCC(=O)NCC(=O)N[C@@H](CC(C)C)C(=O)O)c1. The molecule has 0 radical (unpaired) electrons. The van der Waals surface area contributed by atoms with Gasteiger partial charge in [0.25, 0.3) is 0 Å². The standard InChI is InChI=1S/C18H26N2O4/c1-12(2)9-15(18(23)24)20-17(22)11-19-16(21)8-7-14-6-4-5-13(3)10-14/h4-6,10,12,15H,7-9,11H2,1-3H3,(H,19,21)(H,20,22)(H,23,24)/t15-/m0/s1. The number of carboxylic acid groups (broad SMARTS) is 1. The Bertz CT molecular complexity index is 584. The van der Waals surface area contributed by atoms with Crippen LogP contribution in [0, 0.1) is 12.8 Å². The Labute approximate surface area is 142 Å². The van der Waals surface area contributed by atoms with Crippen molar-refractivity contribution in [3.8, 4) is 0 Å². The molecule has 0 heterocycles. The lowest BCUT2D eigenvalue weighted by molar-refractivity contribution is -0.142. The number of carboxylic acids is 1. The molecule has 0 aliphatic carbocycles. The first-order valence-corrected chi connectivity index (χ1v) is 8.12. The lowest BCUT2D eigenvalue weighted by atomic mass is 10.0. The normalized spacial score (nSPS) is 11.8. The molecule has 24 heavy (non-hydrogen) atoms. The number of carbonyl (C=O) groups is 3. The highest BCUT2D eigenvalue weighted by atomic mass is 16.4. The predicted octanol–water partition coefficient (Wildman–Crippen LogP) is 1.66. The van der Waals surface area contributed by atoms with Crippen molar-refractivity contribution in [3.05, 3.63) is 35.4 Å². The molecule has 6 nitrogen and oxygen atoms in total. The van der Waals surface area contributed by atoms with Crippen LogP contribution in [0.25, 0.3) is 0 Å². The second-order valence-corrected chi connectivity index (χ2v) is 6.35. The van der Waals surface area contributed by atoms with Crippen LogP contribution in [-0.2, 0) is 20.8 Å². The summed E-state index contributed by atoms with van der Waals surface area (Å²) in [6.07, 6.45) is 1.23. The number of rotatable bonds is 9. The topological polar surface area (TPSA) is 95.5 Å². The molecule has 2 amide bonds. The highest BCUT2D eigenvalue weighted by Crippen LogP contribution is 2.06. The molecule has 0 aromatic heterocycles. The molecule has 0 fully saturated rings. The summed E-state index contributed by atoms with van der Waals surface area (Å²) in [7, 11) is 0. The van der Waals surface area contributed by atoms with Gasteiger partial charge in [0.05, 0.1) is 6.54 Å². The first-order chi connectivity index (χ1) is 11.3. The van der Waals surface area contributed by atoms with Gasteiger partial charge in [0.15, 0.2) is 0 Å². The number of hydrogen-bond donors (Lipinski definition) is 3. The Hall–Kier alpha value is -2.37.